The van der Waals surface area contributed by atoms with E-state index < -0.39 is 0 Å². The quantitative estimate of drug-likeness (QED) is 0.556. The van der Waals surface area contributed by atoms with Crippen molar-refractivity contribution in [3.63, 3.8) is 0 Å². The van der Waals surface area contributed by atoms with Crippen LogP contribution in [0.1, 0.15) is 11.1 Å². The van der Waals surface area contributed by atoms with Gasteiger partial charge in [0.25, 0.3) is 0 Å². The summed E-state index contributed by atoms with van der Waals surface area (Å²) < 4.78 is 0. The summed E-state index contributed by atoms with van der Waals surface area (Å²) in [4.78, 5) is 8.05. The molecule has 2 aromatic carbocycles. The molecule has 0 aromatic heterocycles. The van der Waals surface area contributed by atoms with Crippen molar-refractivity contribution in [3.8, 4) is 11.1 Å². The first-order valence-electron chi connectivity index (χ1n) is 6.03. The maximum atomic E-state index is 4.63. The first-order valence-corrected chi connectivity index (χ1v) is 6.85. The van der Waals surface area contributed by atoms with Crippen molar-refractivity contribution < 1.29 is 0 Å². The zero-order valence-corrected chi connectivity index (χ0v) is 12.8. The van der Waals surface area contributed by atoms with E-state index in [2.05, 4.69) is 56.9 Å². The number of hydrogen-bond acceptors (Lipinski definition) is 4. The Morgan fingerprint density at radius 2 is 1.15 bits per heavy atom. The zero-order valence-electron chi connectivity index (χ0n) is 11.2. The summed E-state index contributed by atoms with van der Waals surface area (Å²) in [6.45, 7) is 4.01. The van der Waals surface area contributed by atoms with E-state index in [1.54, 1.807) is 0 Å². The molecule has 98 valence electrons. The molecule has 4 heteroatoms. The van der Waals surface area contributed by atoms with Crippen LogP contribution in [0.15, 0.2) is 46.4 Å². The molecule has 0 atom stereocenters. The summed E-state index contributed by atoms with van der Waals surface area (Å²) in [7, 11) is 0. The third kappa shape index (κ3) is 3.13. The van der Waals surface area contributed by atoms with Gasteiger partial charge in [-0.05, 0) is 84.8 Å². The molecule has 20 heavy (non-hydrogen) atoms. The van der Waals surface area contributed by atoms with Gasteiger partial charge in [-0.3, -0.25) is 0 Å². The molecule has 0 saturated heterocycles. The molecule has 0 heterocycles. The standard InChI is InChI=1S/C16H12N2S2/c1-11-7-13(3-5-15(11)17-9-19)14-4-6-16(18-10-20)12(2)8-14/h3-8H,1-2H3. The van der Waals surface area contributed by atoms with Gasteiger partial charge in [-0.25, -0.2) is 0 Å². The number of aryl methyl sites for hydroxylation is 2. The average molecular weight is 296 g/mol. The third-order valence-electron chi connectivity index (χ3n) is 3.06. The Kier molecular flexibility index (Phi) is 4.67. The van der Waals surface area contributed by atoms with Gasteiger partial charge in [-0.2, -0.15) is 9.98 Å². The van der Waals surface area contributed by atoms with Gasteiger partial charge < -0.3 is 0 Å². The second-order valence-corrected chi connectivity index (χ2v) is 4.77. The first kappa shape index (κ1) is 14.4. The van der Waals surface area contributed by atoms with E-state index in [1.165, 1.54) is 0 Å². The van der Waals surface area contributed by atoms with Crippen molar-refractivity contribution in [1.82, 2.24) is 0 Å². The molecule has 0 aliphatic rings. The van der Waals surface area contributed by atoms with Gasteiger partial charge in [0.2, 0.25) is 0 Å². The van der Waals surface area contributed by atoms with Gasteiger partial charge in [0, 0.05) is 0 Å². The van der Waals surface area contributed by atoms with Crippen LogP contribution >= 0.6 is 24.4 Å². The monoisotopic (exact) mass is 296 g/mol. The summed E-state index contributed by atoms with van der Waals surface area (Å²) in [5, 5.41) is 4.79. The predicted octanol–water partition coefficient (Wildman–Crippen LogP) is 5.44. The van der Waals surface area contributed by atoms with Crippen LogP contribution in [0.2, 0.25) is 0 Å². The van der Waals surface area contributed by atoms with Crippen LogP contribution in [0.25, 0.3) is 11.1 Å². The molecular formula is C16H12N2S2. The molecule has 0 N–H and O–H groups in total. The molecule has 0 aliphatic heterocycles. The van der Waals surface area contributed by atoms with Crippen LogP contribution in [0, 0.1) is 13.8 Å². The van der Waals surface area contributed by atoms with E-state index in [9.17, 15) is 0 Å². The highest BCUT2D eigenvalue weighted by Gasteiger charge is 2.04. The average Bonchev–Trinajstić information content (AvgIpc) is 2.44. The van der Waals surface area contributed by atoms with E-state index >= 15 is 0 Å². The minimum absolute atomic E-state index is 0.849. The topological polar surface area (TPSA) is 24.7 Å². The Morgan fingerprint density at radius 1 is 0.750 bits per heavy atom. The lowest BCUT2D eigenvalue weighted by Crippen LogP contribution is -1.83. The third-order valence-corrected chi connectivity index (χ3v) is 3.24. The van der Waals surface area contributed by atoms with Crippen LogP contribution in [-0.2, 0) is 0 Å². The summed E-state index contributed by atoms with van der Waals surface area (Å²) >= 11 is 9.27. The molecule has 0 unspecified atom stereocenters. The Hall–Kier alpha value is -1.96. The highest BCUT2D eigenvalue weighted by molar-refractivity contribution is 7.78. The lowest BCUT2D eigenvalue weighted by Gasteiger charge is -2.07. The molecule has 0 saturated carbocycles. The number of thiocarbonyl (C=S) groups is 2. The van der Waals surface area contributed by atoms with Crippen molar-refractivity contribution in [2.75, 3.05) is 0 Å². The maximum Gasteiger partial charge on any atom is 0.0769 e. The normalized spacial score (nSPS) is 9.50. The molecular weight excluding hydrogens is 284 g/mol. The molecule has 0 amide bonds. The Bertz CT molecular complexity index is 688. The Labute approximate surface area is 128 Å². The Balaban J connectivity index is 2.46. The van der Waals surface area contributed by atoms with Crippen molar-refractivity contribution >= 4 is 46.1 Å². The summed E-state index contributed by atoms with van der Waals surface area (Å²) in [6, 6.07) is 12.1. The second kappa shape index (κ2) is 6.47. The van der Waals surface area contributed by atoms with Crippen molar-refractivity contribution in [3.05, 3.63) is 47.5 Å². The lowest BCUT2D eigenvalue weighted by molar-refractivity contribution is 1.39. The number of hydrogen-bond donors (Lipinski definition) is 0. The predicted molar refractivity (Wildman–Crippen MR) is 90.7 cm³/mol. The minimum atomic E-state index is 0.849. The highest BCUT2D eigenvalue weighted by Crippen LogP contribution is 2.29. The van der Waals surface area contributed by atoms with Crippen molar-refractivity contribution in [2.45, 2.75) is 13.8 Å². The summed E-state index contributed by atoms with van der Waals surface area (Å²) in [5.74, 6) is 0. The molecule has 0 fully saturated rings. The Morgan fingerprint density at radius 3 is 1.45 bits per heavy atom. The minimum Gasteiger partial charge on any atom is -0.194 e. The first-order chi connectivity index (χ1) is 9.65. The van der Waals surface area contributed by atoms with Gasteiger partial charge >= 0.3 is 0 Å². The van der Waals surface area contributed by atoms with Gasteiger partial charge in [0.15, 0.2) is 0 Å². The lowest BCUT2D eigenvalue weighted by atomic mass is 10.00. The molecule has 0 aliphatic carbocycles. The van der Waals surface area contributed by atoms with Gasteiger partial charge in [-0.15, -0.1) is 0 Å². The largest absolute Gasteiger partial charge is 0.194 e. The van der Waals surface area contributed by atoms with Gasteiger partial charge in [0.05, 0.1) is 21.7 Å². The smallest absolute Gasteiger partial charge is 0.0769 e. The van der Waals surface area contributed by atoms with E-state index in [0.717, 1.165) is 33.6 Å². The maximum absolute atomic E-state index is 4.63. The second-order valence-electron chi connectivity index (χ2n) is 4.41. The molecule has 2 nitrogen and oxygen atoms in total. The summed E-state index contributed by atoms with van der Waals surface area (Å²) in [5.41, 5.74) is 6.10. The van der Waals surface area contributed by atoms with Crippen LogP contribution in [0.4, 0.5) is 11.4 Å². The molecule has 0 spiro atoms. The van der Waals surface area contributed by atoms with E-state index in [1.807, 2.05) is 38.1 Å². The fourth-order valence-corrected chi connectivity index (χ4v) is 2.22. The van der Waals surface area contributed by atoms with Crippen molar-refractivity contribution in [1.29, 1.82) is 0 Å². The number of benzene rings is 2. The van der Waals surface area contributed by atoms with Crippen LogP contribution in [0.3, 0.4) is 0 Å². The van der Waals surface area contributed by atoms with Crippen LogP contribution in [-0.4, -0.2) is 10.3 Å². The molecule has 2 aromatic rings. The molecule has 0 bridgehead atoms. The SMILES string of the molecule is Cc1cc(-c2ccc(N=C=S)c(C)c2)ccc1N=C=S. The molecule has 0 radical (unpaired) electrons. The highest BCUT2D eigenvalue weighted by atomic mass is 32.1. The van der Waals surface area contributed by atoms with Gasteiger partial charge in [-0.1, -0.05) is 12.1 Å². The molecule has 2 rings (SSSR count). The number of rotatable bonds is 3. The van der Waals surface area contributed by atoms with Crippen molar-refractivity contribution in [2.24, 2.45) is 9.98 Å². The van der Waals surface area contributed by atoms with E-state index in [0.29, 0.717) is 0 Å². The van der Waals surface area contributed by atoms with Gasteiger partial charge in [0.1, 0.15) is 0 Å². The van der Waals surface area contributed by atoms with Crippen LogP contribution < -0.4 is 0 Å². The number of isothiocyanates is 2. The fraction of sp³-hybridized carbons (Fsp3) is 0.125. The summed E-state index contributed by atoms with van der Waals surface area (Å²) in [6.07, 6.45) is 0. The number of aliphatic imine (C=N–C) groups is 2. The van der Waals surface area contributed by atoms with Crippen LogP contribution in [0.5, 0.6) is 0 Å². The zero-order chi connectivity index (χ0) is 14.5. The van der Waals surface area contributed by atoms with E-state index in [4.69, 9.17) is 0 Å². The van der Waals surface area contributed by atoms with E-state index in [-0.39, 0.29) is 0 Å². The fourth-order valence-electron chi connectivity index (χ4n) is 2.02. The number of nitrogens with zero attached hydrogens (tertiary/aromatic N) is 2.